The molecule has 2 saturated heterocycles. The number of aromatic nitrogens is 1. The summed E-state index contributed by atoms with van der Waals surface area (Å²) >= 11 is 0. The largest absolute Gasteiger partial charge is 0.315 e. The van der Waals surface area contributed by atoms with Gasteiger partial charge in [0, 0.05) is 25.5 Å². The fourth-order valence-electron chi connectivity index (χ4n) is 2.68. The predicted molar refractivity (Wildman–Crippen MR) is 54.9 cm³/mol. The number of pyridine rings is 1. The van der Waals surface area contributed by atoms with Gasteiger partial charge in [-0.2, -0.15) is 0 Å². The minimum absolute atomic E-state index is 0.187. The number of rotatable bonds is 1. The molecule has 0 bridgehead atoms. The summed E-state index contributed by atoms with van der Waals surface area (Å²) in [5, 5.41) is 7.04. The van der Waals surface area contributed by atoms with Crippen LogP contribution in [0.3, 0.4) is 0 Å². The molecule has 0 aliphatic carbocycles. The van der Waals surface area contributed by atoms with Crippen LogP contribution in [0.5, 0.6) is 0 Å². The highest BCUT2D eigenvalue weighted by Gasteiger charge is 2.48. The van der Waals surface area contributed by atoms with Gasteiger partial charge in [-0.1, -0.05) is 6.07 Å². The van der Waals surface area contributed by atoms with E-state index in [0.717, 1.165) is 25.6 Å². The zero-order valence-corrected chi connectivity index (χ0v) is 8.16. The van der Waals surface area contributed by atoms with Crippen LogP contribution in [0, 0.1) is 5.92 Å². The molecule has 2 atom stereocenters. The summed E-state index contributed by atoms with van der Waals surface area (Å²) in [6.07, 6.45) is 5.11. The Morgan fingerprint density at radius 2 is 2.50 bits per heavy atom. The van der Waals surface area contributed by atoms with E-state index in [1.807, 2.05) is 18.5 Å². The monoisotopic (exact) mass is 189 g/mol. The lowest BCUT2D eigenvalue weighted by molar-refractivity contribution is 0.0621. The zero-order chi connectivity index (χ0) is 9.43. The first-order valence-electron chi connectivity index (χ1n) is 5.28. The van der Waals surface area contributed by atoms with Crippen LogP contribution in [0.2, 0.25) is 0 Å². The van der Waals surface area contributed by atoms with Gasteiger partial charge in [-0.25, -0.2) is 0 Å². The minimum Gasteiger partial charge on any atom is -0.315 e. The highest BCUT2D eigenvalue weighted by molar-refractivity contribution is 5.28. The molecule has 0 aromatic carbocycles. The average Bonchev–Trinajstić information content (AvgIpc) is 2.22. The van der Waals surface area contributed by atoms with Crippen molar-refractivity contribution in [3.8, 4) is 0 Å². The van der Waals surface area contributed by atoms with E-state index in [0.29, 0.717) is 0 Å². The number of nitrogens with one attached hydrogen (secondary N) is 2. The van der Waals surface area contributed by atoms with E-state index < -0.39 is 0 Å². The summed E-state index contributed by atoms with van der Waals surface area (Å²) in [4.78, 5) is 4.21. The summed E-state index contributed by atoms with van der Waals surface area (Å²) in [5.41, 5.74) is 1.52. The molecule has 0 saturated carbocycles. The predicted octanol–water partition coefficient (Wildman–Crippen LogP) is 0.490. The number of piperidine rings is 1. The Morgan fingerprint density at radius 1 is 1.50 bits per heavy atom. The van der Waals surface area contributed by atoms with Gasteiger partial charge in [0.25, 0.3) is 0 Å². The van der Waals surface area contributed by atoms with Crippen molar-refractivity contribution < 1.29 is 0 Å². The quantitative estimate of drug-likeness (QED) is 0.675. The minimum atomic E-state index is 0.187. The molecule has 2 fully saturated rings. The van der Waals surface area contributed by atoms with Crippen LogP contribution in [0.25, 0.3) is 0 Å². The van der Waals surface area contributed by atoms with Gasteiger partial charge >= 0.3 is 0 Å². The molecule has 0 amide bonds. The number of fused-ring (bicyclic) bond motifs is 1. The maximum absolute atomic E-state index is 4.21. The van der Waals surface area contributed by atoms with Crippen LogP contribution in [-0.4, -0.2) is 24.6 Å². The third-order valence-electron chi connectivity index (χ3n) is 3.61. The molecular formula is C11H15N3. The summed E-state index contributed by atoms with van der Waals surface area (Å²) in [5.74, 6) is 0.799. The normalized spacial score (nSPS) is 35.9. The summed E-state index contributed by atoms with van der Waals surface area (Å²) in [6, 6.07) is 4.20. The van der Waals surface area contributed by atoms with Gasteiger partial charge < -0.3 is 10.6 Å². The van der Waals surface area contributed by atoms with Gasteiger partial charge in [0.15, 0.2) is 0 Å². The molecule has 3 heterocycles. The maximum Gasteiger partial charge on any atom is 0.0617 e. The Kier molecular flexibility index (Phi) is 1.82. The third-order valence-corrected chi connectivity index (χ3v) is 3.61. The molecule has 14 heavy (non-hydrogen) atoms. The van der Waals surface area contributed by atoms with Crippen molar-refractivity contribution >= 4 is 0 Å². The Bertz CT molecular complexity index is 325. The molecule has 74 valence electrons. The van der Waals surface area contributed by atoms with Crippen molar-refractivity contribution in [3.63, 3.8) is 0 Å². The first-order chi connectivity index (χ1) is 6.92. The van der Waals surface area contributed by atoms with Crippen molar-refractivity contribution in [2.75, 3.05) is 19.6 Å². The van der Waals surface area contributed by atoms with Crippen molar-refractivity contribution in [3.05, 3.63) is 30.1 Å². The van der Waals surface area contributed by atoms with Crippen LogP contribution < -0.4 is 10.6 Å². The van der Waals surface area contributed by atoms with E-state index in [1.54, 1.807) is 0 Å². The van der Waals surface area contributed by atoms with Gasteiger partial charge in [0.1, 0.15) is 0 Å². The Balaban J connectivity index is 1.96. The molecule has 3 nitrogen and oxygen atoms in total. The summed E-state index contributed by atoms with van der Waals surface area (Å²) < 4.78 is 0. The highest BCUT2D eigenvalue weighted by Crippen LogP contribution is 2.39. The molecule has 0 radical (unpaired) electrons. The number of hydrogen-bond acceptors (Lipinski definition) is 3. The molecule has 2 aliphatic heterocycles. The van der Waals surface area contributed by atoms with Gasteiger partial charge in [0.2, 0.25) is 0 Å². The fourth-order valence-corrected chi connectivity index (χ4v) is 2.68. The van der Waals surface area contributed by atoms with Crippen LogP contribution >= 0.6 is 0 Å². The van der Waals surface area contributed by atoms with E-state index in [-0.39, 0.29) is 5.54 Å². The lowest BCUT2D eigenvalue weighted by Gasteiger charge is -2.54. The lowest BCUT2D eigenvalue weighted by atomic mass is 9.68. The molecule has 2 aliphatic rings. The lowest BCUT2D eigenvalue weighted by Crippen LogP contribution is -2.69. The van der Waals surface area contributed by atoms with Crippen LogP contribution in [0.1, 0.15) is 12.0 Å². The summed E-state index contributed by atoms with van der Waals surface area (Å²) in [7, 11) is 0. The van der Waals surface area contributed by atoms with Gasteiger partial charge in [-0.15, -0.1) is 0 Å². The van der Waals surface area contributed by atoms with Gasteiger partial charge in [-0.05, 0) is 30.5 Å². The average molecular weight is 189 g/mol. The van der Waals surface area contributed by atoms with E-state index in [1.165, 1.54) is 12.0 Å². The third kappa shape index (κ3) is 1.03. The topological polar surface area (TPSA) is 37.0 Å². The van der Waals surface area contributed by atoms with E-state index in [2.05, 4.69) is 21.7 Å². The zero-order valence-electron chi connectivity index (χ0n) is 8.16. The summed E-state index contributed by atoms with van der Waals surface area (Å²) in [6.45, 7) is 3.37. The van der Waals surface area contributed by atoms with Crippen LogP contribution in [-0.2, 0) is 5.54 Å². The highest BCUT2D eigenvalue weighted by atomic mass is 15.1. The van der Waals surface area contributed by atoms with E-state index in [9.17, 15) is 0 Å². The Morgan fingerprint density at radius 3 is 3.14 bits per heavy atom. The fraction of sp³-hybridized carbons (Fsp3) is 0.545. The molecular weight excluding hydrogens is 174 g/mol. The smallest absolute Gasteiger partial charge is 0.0617 e. The number of hydrogen-bond donors (Lipinski definition) is 2. The molecule has 1 aromatic rings. The van der Waals surface area contributed by atoms with E-state index in [4.69, 9.17) is 0 Å². The second-order valence-corrected chi connectivity index (χ2v) is 4.26. The van der Waals surface area contributed by atoms with Gasteiger partial charge in [0.05, 0.1) is 5.54 Å². The molecule has 1 aromatic heterocycles. The van der Waals surface area contributed by atoms with Crippen molar-refractivity contribution in [2.45, 2.75) is 12.0 Å². The van der Waals surface area contributed by atoms with Crippen molar-refractivity contribution in [1.29, 1.82) is 0 Å². The van der Waals surface area contributed by atoms with Gasteiger partial charge in [-0.3, -0.25) is 4.98 Å². The van der Waals surface area contributed by atoms with Crippen molar-refractivity contribution in [1.82, 2.24) is 15.6 Å². The molecule has 3 heteroatoms. The first-order valence-corrected chi connectivity index (χ1v) is 5.28. The van der Waals surface area contributed by atoms with Crippen molar-refractivity contribution in [2.24, 2.45) is 5.92 Å². The Hall–Kier alpha value is -0.930. The van der Waals surface area contributed by atoms with Crippen LogP contribution in [0.4, 0.5) is 0 Å². The molecule has 3 rings (SSSR count). The number of nitrogens with zero attached hydrogens (tertiary/aromatic N) is 1. The first kappa shape index (κ1) is 8.38. The second-order valence-electron chi connectivity index (χ2n) is 4.26. The maximum atomic E-state index is 4.21. The standard InChI is InChI=1S/C11H15N3/c1-2-9(6-12-4-1)11-8-13-5-3-10(11)7-14-11/h1-2,4,6,10,13-14H,3,5,7-8H2/t10-,11+/m0/s1. The Labute approximate surface area is 83.9 Å². The molecule has 2 N–H and O–H groups in total. The van der Waals surface area contributed by atoms with Crippen LogP contribution in [0.15, 0.2) is 24.5 Å². The van der Waals surface area contributed by atoms with E-state index >= 15 is 0 Å². The molecule has 0 spiro atoms. The SMILES string of the molecule is c1cncc([C@]23CNCC[C@H]2CN3)c1. The second kappa shape index (κ2) is 3.04. The molecule has 0 unspecified atom stereocenters.